The highest BCUT2D eigenvalue weighted by atomic mass is 16.2. The normalized spacial score (nSPS) is 13.6. The van der Waals surface area contributed by atoms with Crippen molar-refractivity contribution in [3.05, 3.63) is 35.4 Å². The number of benzene rings is 1. The minimum Gasteiger partial charge on any atom is -0.244 e. The van der Waals surface area contributed by atoms with Crippen molar-refractivity contribution in [2.75, 3.05) is 0 Å². The number of fused-ring (bicyclic) bond motifs is 3. The smallest absolute Gasteiger partial charge is 0.244 e. The first-order chi connectivity index (χ1) is 6.84. The molecule has 0 aliphatic carbocycles. The lowest BCUT2D eigenvalue weighted by molar-refractivity contribution is 0.257. The van der Waals surface area contributed by atoms with Crippen LogP contribution < -0.4 is 10.7 Å². The van der Waals surface area contributed by atoms with Crippen LogP contribution in [0.3, 0.4) is 0 Å². The molecule has 1 aliphatic heterocycles. The van der Waals surface area contributed by atoms with Gasteiger partial charge in [0.25, 0.3) is 0 Å². The zero-order chi connectivity index (χ0) is 9.54. The minimum absolute atomic E-state index is 0.462. The SMILES string of the molecule is O=C1N=c2ccc3ncncc3c2=N1. The Balaban J connectivity index is 2.65. The molecule has 2 heterocycles. The van der Waals surface area contributed by atoms with Gasteiger partial charge < -0.3 is 0 Å². The first kappa shape index (κ1) is 7.25. The Hall–Kier alpha value is -2.17. The third kappa shape index (κ3) is 0.861. The van der Waals surface area contributed by atoms with E-state index in [1.807, 2.05) is 0 Å². The summed E-state index contributed by atoms with van der Waals surface area (Å²) in [5.41, 5.74) is 0.771. The van der Waals surface area contributed by atoms with Crippen LogP contribution in [-0.4, -0.2) is 16.0 Å². The maximum Gasteiger partial charge on any atom is 0.368 e. The molecule has 0 unspecified atom stereocenters. The second kappa shape index (κ2) is 2.41. The summed E-state index contributed by atoms with van der Waals surface area (Å²) < 4.78 is 0. The van der Waals surface area contributed by atoms with E-state index in [0.29, 0.717) is 10.7 Å². The van der Waals surface area contributed by atoms with Gasteiger partial charge in [-0.1, -0.05) is 0 Å². The molecule has 66 valence electrons. The summed E-state index contributed by atoms with van der Waals surface area (Å²) in [6.07, 6.45) is 3.10. The molecule has 0 spiro atoms. The fourth-order valence-corrected chi connectivity index (χ4v) is 1.46. The topological polar surface area (TPSA) is 67.6 Å². The number of amides is 2. The van der Waals surface area contributed by atoms with E-state index in [1.165, 1.54) is 6.33 Å². The molecule has 5 nitrogen and oxygen atoms in total. The van der Waals surface area contributed by atoms with Gasteiger partial charge in [-0.2, -0.15) is 9.98 Å². The first-order valence-electron chi connectivity index (χ1n) is 4.05. The van der Waals surface area contributed by atoms with Crippen molar-refractivity contribution in [2.45, 2.75) is 0 Å². The van der Waals surface area contributed by atoms with Gasteiger partial charge in [0.05, 0.1) is 10.9 Å². The third-order valence-corrected chi connectivity index (χ3v) is 2.06. The van der Waals surface area contributed by atoms with Gasteiger partial charge in [-0.05, 0) is 12.1 Å². The van der Waals surface area contributed by atoms with E-state index in [4.69, 9.17) is 0 Å². The quantitative estimate of drug-likeness (QED) is 0.578. The molecule has 0 bridgehead atoms. The molecule has 1 aliphatic rings. The van der Waals surface area contributed by atoms with Crippen LogP contribution in [0.15, 0.2) is 34.6 Å². The van der Waals surface area contributed by atoms with Gasteiger partial charge in [-0.3, -0.25) is 0 Å². The molecule has 2 amide bonds. The summed E-state index contributed by atoms with van der Waals surface area (Å²) in [4.78, 5) is 26.5. The van der Waals surface area contributed by atoms with Crippen molar-refractivity contribution in [1.29, 1.82) is 0 Å². The van der Waals surface area contributed by atoms with Gasteiger partial charge >= 0.3 is 6.03 Å². The van der Waals surface area contributed by atoms with E-state index in [2.05, 4.69) is 20.0 Å². The Morgan fingerprint density at radius 1 is 1.14 bits per heavy atom. The molecule has 0 saturated carbocycles. The van der Waals surface area contributed by atoms with Crippen molar-refractivity contribution in [3.63, 3.8) is 0 Å². The molecular weight excluding hydrogens is 180 g/mol. The number of hydrogen-bond acceptors (Lipinski definition) is 3. The second-order valence-corrected chi connectivity index (χ2v) is 2.90. The fourth-order valence-electron chi connectivity index (χ4n) is 1.46. The van der Waals surface area contributed by atoms with Crippen LogP contribution >= 0.6 is 0 Å². The summed E-state index contributed by atoms with van der Waals surface area (Å²) in [5.74, 6) is 0. The van der Waals surface area contributed by atoms with Crippen molar-refractivity contribution in [2.24, 2.45) is 9.98 Å². The molecule has 5 heteroatoms. The number of urea groups is 1. The fraction of sp³-hybridized carbons (Fsp3) is 0. The number of aromatic nitrogens is 2. The Morgan fingerprint density at radius 3 is 3.00 bits per heavy atom. The number of rotatable bonds is 0. The Bertz CT molecular complexity index is 662. The number of carbonyl (C=O) groups excluding carboxylic acids is 1. The lowest BCUT2D eigenvalue weighted by atomic mass is 10.2. The summed E-state index contributed by atoms with van der Waals surface area (Å²) >= 11 is 0. The highest BCUT2D eigenvalue weighted by Crippen LogP contribution is 2.01. The standard InChI is InChI=1S/C9H4N4O/c14-9-12-7-2-1-6-5(8(7)13-9)3-10-4-11-6/h1-4H. The molecule has 2 aromatic rings. The summed E-state index contributed by atoms with van der Waals surface area (Å²) in [5, 5.41) is 1.94. The van der Waals surface area contributed by atoms with Crippen molar-refractivity contribution in [3.8, 4) is 0 Å². The van der Waals surface area contributed by atoms with Gasteiger partial charge in [0.1, 0.15) is 11.7 Å². The second-order valence-electron chi connectivity index (χ2n) is 2.90. The molecule has 0 N–H and O–H groups in total. The number of carbonyl (C=O) groups is 1. The Labute approximate surface area is 77.9 Å². The molecule has 0 saturated heterocycles. The van der Waals surface area contributed by atoms with Crippen LogP contribution in [0.1, 0.15) is 0 Å². The zero-order valence-corrected chi connectivity index (χ0v) is 7.01. The maximum absolute atomic E-state index is 11.0. The van der Waals surface area contributed by atoms with E-state index in [9.17, 15) is 4.79 Å². The predicted octanol–water partition coefficient (Wildman–Crippen LogP) is 0.00260. The maximum atomic E-state index is 11.0. The molecule has 14 heavy (non-hydrogen) atoms. The average molecular weight is 184 g/mol. The minimum atomic E-state index is -0.462. The third-order valence-electron chi connectivity index (χ3n) is 2.06. The van der Waals surface area contributed by atoms with Crippen LogP contribution in [0.5, 0.6) is 0 Å². The van der Waals surface area contributed by atoms with E-state index < -0.39 is 6.03 Å². The summed E-state index contributed by atoms with van der Waals surface area (Å²) in [7, 11) is 0. The van der Waals surface area contributed by atoms with Gasteiger partial charge in [0.2, 0.25) is 0 Å². The van der Waals surface area contributed by atoms with E-state index in [-0.39, 0.29) is 0 Å². The van der Waals surface area contributed by atoms with E-state index >= 15 is 0 Å². The number of hydrogen-bond donors (Lipinski definition) is 0. The largest absolute Gasteiger partial charge is 0.368 e. The summed E-state index contributed by atoms with van der Waals surface area (Å²) in [6.45, 7) is 0. The van der Waals surface area contributed by atoms with Crippen molar-refractivity contribution < 1.29 is 4.79 Å². The monoisotopic (exact) mass is 184 g/mol. The van der Waals surface area contributed by atoms with Crippen molar-refractivity contribution in [1.82, 2.24) is 9.97 Å². The average Bonchev–Trinajstić information content (AvgIpc) is 2.59. The molecule has 3 rings (SSSR count). The summed E-state index contributed by atoms with van der Waals surface area (Å²) in [6, 6.07) is 3.07. The van der Waals surface area contributed by atoms with Gasteiger partial charge in [0, 0.05) is 11.6 Å². The van der Waals surface area contributed by atoms with Crippen molar-refractivity contribution >= 4 is 16.9 Å². The molecule has 0 fully saturated rings. The van der Waals surface area contributed by atoms with E-state index in [1.54, 1.807) is 18.3 Å². The number of nitrogens with zero attached hydrogens (tertiary/aromatic N) is 4. The van der Waals surface area contributed by atoms with Crippen LogP contribution in [0.2, 0.25) is 0 Å². The van der Waals surface area contributed by atoms with Crippen LogP contribution in [-0.2, 0) is 0 Å². The van der Waals surface area contributed by atoms with E-state index in [0.717, 1.165) is 10.9 Å². The van der Waals surface area contributed by atoms with Gasteiger partial charge in [0.15, 0.2) is 0 Å². The van der Waals surface area contributed by atoms with Crippen LogP contribution in [0.4, 0.5) is 4.79 Å². The highest BCUT2D eigenvalue weighted by molar-refractivity contribution is 5.83. The zero-order valence-electron chi connectivity index (χ0n) is 7.01. The molecular formula is C9H4N4O. The van der Waals surface area contributed by atoms with Crippen LogP contribution in [0.25, 0.3) is 10.9 Å². The van der Waals surface area contributed by atoms with Gasteiger partial charge in [-0.15, -0.1) is 0 Å². The molecule has 0 atom stereocenters. The Morgan fingerprint density at radius 2 is 2.07 bits per heavy atom. The van der Waals surface area contributed by atoms with Crippen LogP contribution in [0, 0.1) is 0 Å². The lowest BCUT2D eigenvalue weighted by Gasteiger charge is -1.92. The lowest BCUT2D eigenvalue weighted by Crippen LogP contribution is -2.22. The molecule has 0 radical (unpaired) electrons. The predicted molar refractivity (Wildman–Crippen MR) is 47.2 cm³/mol. The first-order valence-corrected chi connectivity index (χ1v) is 4.05. The molecule has 1 aromatic heterocycles. The van der Waals surface area contributed by atoms with Gasteiger partial charge in [-0.25, -0.2) is 14.8 Å². The Kier molecular flexibility index (Phi) is 1.25. The molecule has 1 aromatic carbocycles. The highest BCUT2D eigenvalue weighted by Gasteiger charge is 2.07.